The van der Waals surface area contributed by atoms with E-state index in [4.69, 9.17) is 0 Å². The first-order chi connectivity index (χ1) is 4.39. The lowest BCUT2D eigenvalue weighted by molar-refractivity contribution is -0.0588. The second kappa shape index (κ2) is 3.31. The van der Waals surface area contributed by atoms with Crippen molar-refractivity contribution in [2.24, 2.45) is 11.8 Å². The van der Waals surface area contributed by atoms with Crippen molar-refractivity contribution in [1.29, 1.82) is 0 Å². The SMILES string of the molecule is CCC(C(C)C)C(C)(F)F. The summed E-state index contributed by atoms with van der Waals surface area (Å²) in [5.74, 6) is -2.90. The van der Waals surface area contributed by atoms with Crippen LogP contribution in [0.2, 0.25) is 0 Å². The summed E-state index contributed by atoms with van der Waals surface area (Å²) in [5.41, 5.74) is 0. The highest BCUT2D eigenvalue weighted by Crippen LogP contribution is 2.32. The summed E-state index contributed by atoms with van der Waals surface area (Å²) in [4.78, 5) is 0. The number of alkyl halides is 2. The van der Waals surface area contributed by atoms with E-state index in [1.54, 1.807) is 0 Å². The average molecular weight is 150 g/mol. The fourth-order valence-corrected chi connectivity index (χ4v) is 1.42. The van der Waals surface area contributed by atoms with Crippen LogP contribution >= 0.6 is 0 Å². The van der Waals surface area contributed by atoms with E-state index in [9.17, 15) is 8.78 Å². The molecule has 62 valence electrons. The second-order valence-electron chi connectivity index (χ2n) is 3.22. The molecule has 0 bridgehead atoms. The Labute approximate surface area is 61.6 Å². The van der Waals surface area contributed by atoms with Crippen LogP contribution in [0.5, 0.6) is 0 Å². The third-order valence-corrected chi connectivity index (χ3v) is 1.90. The lowest BCUT2D eigenvalue weighted by Crippen LogP contribution is -2.28. The van der Waals surface area contributed by atoms with Gasteiger partial charge in [-0.15, -0.1) is 0 Å². The molecule has 0 N–H and O–H groups in total. The Bertz CT molecular complexity index is 91.9. The molecule has 0 aliphatic heterocycles. The van der Waals surface area contributed by atoms with E-state index in [-0.39, 0.29) is 5.92 Å². The summed E-state index contributed by atoms with van der Waals surface area (Å²) < 4.78 is 25.3. The van der Waals surface area contributed by atoms with Gasteiger partial charge in [0.05, 0.1) is 0 Å². The Morgan fingerprint density at radius 2 is 1.70 bits per heavy atom. The highest BCUT2D eigenvalue weighted by Gasteiger charge is 2.34. The molecular weight excluding hydrogens is 134 g/mol. The first kappa shape index (κ1) is 9.86. The van der Waals surface area contributed by atoms with E-state index in [0.717, 1.165) is 6.92 Å². The standard InChI is InChI=1S/C8H16F2/c1-5-7(6(2)3)8(4,9)10/h6-7H,5H2,1-4H3. The van der Waals surface area contributed by atoms with Crippen LogP contribution < -0.4 is 0 Å². The van der Waals surface area contributed by atoms with Gasteiger partial charge in [0.25, 0.3) is 0 Å². The smallest absolute Gasteiger partial charge is 0.207 e. The molecule has 0 rings (SSSR count). The normalized spacial score (nSPS) is 15.9. The summed E-state index contributed by atoms with van der Waals surface area (Å²) >= 11 is 0. The van der Waals surface area contributed by atoms with Crippen LogP contribution in [-0.4, -0.2) is 5.92 Å². The minimum absolute atomic E-state index is 0.0741. The molecule has 2 heteroatoms. The first-order valence-electron chi connectivity index (χ1n) is 3.77. The Kier molecular flexibility index (Phi) is 3.26. The van der Waals surface area contributed by atoms with Gasteiger partial charge in [0.1, 0.15) is 0 Å². The third kappa shape index (κ3) is 2.63. The van der Waals surface area contributed by atoms with E-state index >= 15 is 0 Å². The van der Waals surface area contributed by atoms with Gasteiger partial charge >= 0.3 is 0 Å². The molecule has 0 radical (unpaired) electrons. The van der Waals surface area contributed by atoms with Gasteiger partial charge in [-0.2, -0.15) is 0 Å². The molecule has 0 aliphatic carbocycles. The maximum Gasteiger partial charge on any atom is 0.248 e. The maximum atomic E-state index is 12.6. The van der Waals surface area contributed by atoms with Gasteiger partial charge in [-0.3, -0.25) is 0 Å². The van der Waals surface area contributed by atoms with Gasteiger partial charge in [-0.05, 0) is 19.3 Å². The molecular formula is C8H16F2. The van der Waals surface area contributed by atoms with Crippen LogP contribution in [0.3, 0.4) is 0 Å². The minimum Gasteiger partial charge on any atom is -0.207 e. The van der Waals surface area contributed by atoms with E-state index in [1.807, 2.05) is 20.8 Å². The van der Waals surface area contributed by atoms with E-state index in [1.165, 1.54) is 0 Å². The summed E-state index contributed by atoms with van der Waals surface area (Å²) in [6, 6.07) is 0. The molecule has 0 fully saturated rings. The number of halogens is 2. The molecule has 0 aromatic carbocycles. The van der Waals surface area contributed by atoms with Crippen molar-refractivity contribution >= 4 is 0 Å². The third-order valence-electron chi connectivity index (χ3n) is 1.90. The average Bonchev–Trinajstić information content (AvgIpc) is 1.60. The molecule has 1 unspecified atom stereocenters. The fourth-order valence-electron chi connectivity index (χ4n) is 1.42. The van der Waals surface area contributed by atoms with Gasteiger partial charge in [-0.1, -0.05) is 20.8 Å². The zero-order valence-electron chi connectivity index (χ0n) is 7.12. The van der Waals surface area contributed by atoms with E-state index in [2.05, 4.69) is 0 Å². The van der Waals surface area contributed by atoms with Gasteiger partial charge in [0, 0.05) is 5.92 Å². The van der Waals surface area contributed by atoms with Crippen molar-refractivity contribution in [3.8, 4) is 0 Å². The predicted molar refractivity (Wildman–Crippen MR) is 39.2 cm³/mol. The largest absolute Gasteiger partial charge is 0.248 e. The summed E-state index contributed by atoms with van der Waals surface area (Å²) in [7, 11) is 0. The van der Waals surface area contributed by atoms with Gasteiger partial charge in [0.2, 0.25) is 5.92 Å². The topological polar surface area (TPSA) is 0 Å². The predicted octanol–water partition coefficient (Wildman–Crippen LogP) is 3.32. The molecule has 0 spiro atoms. The molecule has 0 aromatic rings. The van der Waals surface area contributed by atoms with Crippen molar-refractivity contribution < 1.29 is 8.78 Å². The molecule has 0 heterocycles. The number of hydrogen-bond donors (Lipinski definition) is 0. The van der Waals surface area contributed by atoms with Gasteiger partial charge in [0.15, 0.2) is 0 Å². The zero-order valence-corrected chi connectivity index (χ0v) is 7.12. The van der Waals surface area contributed by atoms with E-state index in [0.29, 0.717) is 6.42 Å². The maximum absolute atomic E-state index is 12.6. The molecule has 0 aromatic heterocycles. The van der Waals surface area contributed by atoms with Crippen molar-refractivity contribution in [3.63, 3.8) is 0 Å². The molecule has 0 saturated carbocycles. The minimum atomic E-state index is -2.51. The van der Waals surface area contributed by atoms with Crippen molar-refractivity contribution in [1.82, 2.24) is 0 Å². The summed E-state index contributed by atoms with van der Waals surface area (Å²) in [6.45, 7) is 6.49. The lowest BCUT2D eigenvalue weighted by atomic mass is 9.88. The van der Waals surface area contributed by atoms with Crippen molar-refractivity contribution in [2.75, 3.05) is 0 Å². The van der Waals surface area contributed by atoms with Crippen LogP contribution in [0.1, 0.15) is 34.1 Å². The van der Waals surface area contributed by atoms with Crippen LogP contribution in [0.15, 0.2) is 0 Å². The van der Waals surface area contributed by atoms with Crippen molar-refractivity contribution in [3.05, 3.63) is 0 Å². The fraction of sp³-hybridized carbons (Fsp3) is 1.00. The lowest BCUT2D eigenvalue weighted by Gasteiger charge is -2.25. The molecule has 1 atom stereocenters. The molecule has 0 saturated heterocycles. The quantitative estimate of drug-likeness (QED) is 0.579. The highest BCUT2D eigenvalue weighted by atomic mass is 19.3. The Hall–Kier alpha value is -0.140. The molecule has 0 aliphatic rings. The molecule has 0 nitrogen and oxygen atoms in total. The number of hydrogen-bond acceptors (Lipinski definition) is 0. The first-order valence-corrected chi connectivity index (χ1v) is 3.77. The zero-order chi connectivity index (χ0) is 8.36. The Morgan fingerprint density at radius 3 is 1.70 bits per heavy atom. The Morgan fingerprint density at radius 1 is 1.30 bits per heavy atom. The Balaban J connectivity index is 4.07. The van der Waals surface area contributed by atoms with Crippen LogP contribution in [-0.2, 0) is 0 Å². The number of rotatable bonds is 3. The van der Waals surface area contributed by atoms with Crippen LogP contribution in [0.4, 0.5) is 8.78 Å². The monoisotopic (exact) mass is 150 g/mol. The van der Waals surface area contributed by atoms with E-state index < -0.39 is 11.8 Å². The van der Waals surface area contributed by atoms with Crippen LogP contribution in [0, 0.1) is 11.8 Å². The summed E-state index contributed by atoms with van der Waals surface area (Å²) in [6.07, 6.45) is 0.557. The van der Waals surface area contributed by atoms with Gasteiger partial charge in [-0.25, -0.2) is 8.78 Å². The van der Waals surface area contributed by atoms with Crippen LogP contribution in [0.25, 0.3) is 0 Å². The second-order valence-corrected chi connectivity index (χ2v) is 3.22. The highest BCUT2D eigenvalue weighted by molar-refractivity contribution is 4.73. The van der Waals surface area contributed by atoms with Gasteiger partial charge < -0.3 is 0 Å². The molecule has 10 heavy (non-hydrogen) atoms. The molecule has 0 amide bonds. The van der Waals surface area contributed by atoms with Crippen molar-refractivity contribution in [2.45, 2.75) is 40.0 Å². The summed E-state index contributed by atoms with van der Waals surface area (Å²) in [5, 5.41) is 0.